The van der Waals surface area contributed by atoms with Gasteiger partial charge in [-0.3, -0.25) is 4.57 Å². The van der Waals surface area contributed by atoms with E-state index < -0.39 is 0 Å². The fraction of sp³-hybridized carbons (Fsp3) is 0. The molecular weight excluding hydrogens is 641 g/mol. The summed E-state index contributed by atoms with van der Waals surface area (Å²) in [6.07, 6.45) is 0. The molecule has 0 bridgehead atoms. The zero-order valence-electron chi connectivity index (χ0n) is 28.9. The Morgan fingerprint density at radius 1 is 0.302 bits per heavy atom. The summed E-state index contributed by atoms with van der Waals surface area (Å²) in [4.78, 5) is 5.30. The van der Waals surface area contributed by atoms with Crippen molar-refractivity contribution in [2.75, 3.05) is 0 Å². The number of aromatic nitrogens is 2. The van der Waals surface area contributed by atoms with E-state index in [9.17, 15) is 0 Å². The minimum atomic E-state index is 0.941. The molecule has 53 heavy (non-hydrogen) atoms. The lowest BCUT2D eigenvalue weighted by atomic mass is 9.83. The Morgan fingerprint density at radius 2 is 0.717 bits per heavy atom. The summed E-state index contributed by atoms with van der Waals surface area (Å²) in [5.74, 6) is 0.941. The molecule has 0 saturated carbocycles. The van der Waals surface area contributed by atoms with E-state index in [2.05, 4.69) is 199 Å². The largest absolute Gasteiger partial charge is 0.292 e. The van der Waals surface area contributed by atoms with E-state index in [1.54, 1.807) is 0 Å². The van der Waals surface area contributed by atoms with Crippen LogP contribution in [0.25, 0.3) is 104 Å². The van der Waals surface area contributed by atoms with Crippen molar-refractivity contribution in [3.63, 3.8) is 0 Å². The molecule has 0 aliphatic rings. The van der Waals surface area contributed by atoms with Crippen LogP contribution in [0.5, 0.6) is 0 Å². The summed E-state index contributed by atoms with van der Waals surface area (Å²) in [5, 5.41) is 12.3. The second-order valence-corrected chi connectivity index (χ2v) is 13.8. The molecule has 0 atom stereocenters. The van der Waals surface area contributed by atoms with E-state index in [-0.39, 0.29) is 0 Å². The van der Waals surface area contributed by atoms with Crippen molar-refractivity contribution in [2.45, 2.75) is 0 Å². The number of benzene rings is 10. The predicted octanol–water partition coefficient (Wildman–Crippen LogP) is 13.8. The van der Waals surface area contributed by atoms with Crippen molar-refractivity contribution in [2.24, 2.45) is 0 Å². The third-order valence-corrected chi connectivity index (χ3v) is 11.0. The van der Waals surface area contributed by atoms with E-state index in [4.69, 9.17) is 4.98 Å². The molecule has 11 rings (SSSR count). The van der Waals surface area contributed by atoms with Gasteiger partial charge < -0.3 is 0 Å². The standard InChI is InChI=1S/C51H32N2/c1-3-19-35-33(15-1)17-11-27-39(35)49-41-21-5-7-23-43(41)50(44-24-8-6-22-42(44)49)40-28-13-26-38-37(40)25-14-32-47(38)53-48-31-10-9-30-46(48)52-51(53)45-29-12-18-34-16-2-4-20-36(34)45/h1-32H. The highest BCUT2D eigenvalue weighted by Crippen LogP contribution is 2.47. The van der Waals surface area contributed by atoms with Crippen LogP contribution in [0.4, 0.5) is 0 Å². The van der Waals surface area contributed by atoms with E-state index in [1.165, 1.54) is 76.1 Å². The summed E-state index contributed by atoms with van der Waals surface area (Å²) in [7, 11) is 0. The molecule has 0 radical (unpaired) electrons. The quantitative estimate of drug-likeness (QED) is 0.170. The SMILES string of the molecule is c1ccc2c(-c3c4ccccc4c(-c4cccc5c(-n6c(-c7cccc8ccccc78)nc7ccccc76)cccc45)c4ccccc34)cccc2c1. The molecule has 0 spiro atoms. The lowest BCUT2D eigenvalue weighted by molar-refractivity contribution is 1.12. The number of fused-ring (bicyclic) bond motifs is 6. The second kappa shape index (κ2) is 11.8. The maximum Gasteiger partial charge on any atom is 0.146 e. The Morgan fingerprint density at radius 3 is 1.36 bits per heavy atom. The van der Waals surface area contributed by atoms with Crippen LogP contribution in [-0.2, 0) is 0 Å². The van der Waals surface area contributed by atoms with Gasteiger partial charge in [0.05, 0.1) is 16.7 Å². The van der Waals surface area contributed by atoms with Gasteiger partial charge in [-0.25, -0.2) is 4.98 Å². The van der Waals surface area contributed by atoms with Crippen molar-refractivity contribution >= 4 is 64.9 Å². The highest BCUT2D eigenvalue weighted by atomic mass is 15.1. The molecule has 1 aromatic heterocycles. The van der Waals surface area contributed by atoms with Gasteiger partial charge in [0.15, 0.2) is 0 Å². The normalized spacial score (nSPS) is 11.8. The number of hydrogen-bond donors (Lipinski definition) is 0. The summed E-state index contributed by atoms with van der Waals surface area (Å²) in [6, 6.07) is 70.4. The van der Waals surface area contributed by atoms with Crippen LogP contribution in [0, 0.1) is 0 Å². The van der Waals surface area contributed by atoms with Gasteiger partial charge in [0.25, 0.3) is 0 Å². The minimum Gasteiger partial charge on any atom is -0.292 e. The van der Waals surface area contributed by atoms with Gasteiger partial charge in [-0.2, -0.15) is 0 Å². The first-order valence-corrected chi connectivity index (χ1v) is 18.2. The Kier molecular flexibility index (Phi) is 6.59. The Labute approximate surface area is 306 Å². The van der Waals surface area contributed by atoms with Gasteiger partial charge in [0.2, 0.25) is 0 Å². The van der Waals surface area contributed by atoms with Crippen LogP contribution >= 0.6 is 0 Å². The second-order valence-electron chi connectivity index (χ2n) is 13.8. The third-order valence-electron chi connectivity index (χ3n) is 11.0. The number of hydrogen-bond acceptors (Lipinski definition) is 1. The molecule has 10 aromatic carbocycles. The molecule has 2 nitrogen and oxygen atoms in total. The van der Waals surface area contributed by atoms with Crippen LogP contribution < -0.4 is 0 Å². The lowest BCUT2D eigenvalue weighted by Crippen LogP contribution is -2.00. The molecule has 11 aromatic rings. The van der Waals surface area contributed by atoms with Gasteiger partial charge in [-0.1, -0.05) is 176 Å². The van der Waals surface area contributed by atoms with E-state index in [1.807, 2.05) is 0 Å². The van der Waals surface area contributed by atoms with Gasteiger partial charge in [-0.15, -0.1) is 0 Å². The first-order chi connectivity index (χ1) is 26.3. The first kappa shape index (κ1) is 29.7. The van der Waals surface area contributed by atoms with Crippen molar-refractivity contribution in [3.05, 3.63) is 194 Å². The van der Waals surface area contributed by atoms with E-state index >= 15 is 0 Å². The van der Waals surface area contributed by atoms with Crippen molar-refractivity contribution in [1.29, 1.82) is 0 Å². The summed E-state index contributed by atoms with van der Waals surface area (Å²) >= 11 is 0. The fourth-order valence-corrected chi connectivity index (χ4v) is 8.73. The zero-order valence-corrected chi connectivity index (χ0v) is 28.9. The smallest absolute Gasteiger partial charge is 0.146 e. The van der Waals surface area contributed by atoms with Crippen molar-refractivity contribution in [3.8, 4) is 39.3 Å². The first-order valence-electron chi connectivity index (χ1n) is 18.2. The zero-order chi connectivity index (χ0) is 34.9. The predicted molar refractivity (Wildman–Crippen MR) is 225 cm³/mol. The van der Waals surface area contributed by atoms with Crippen molar-refractivity contribution in [1.82, 2.24) is 9.55 Å². The van der Waals surface area contributed by atoms with Gasteiger partial charge in [0, 0.05) is 10.9 Å². The lowest BCUT2D eigenvalue weighted by Gasteiger charge is -2.20. The molecule has 0 N–H and O–H groups in total. The Bertz CT molecular complexity index is 3170. The van der Waals surface area contributed by atoms with Crippen molar-refractivity contribution < 1.29 is 0 Å². The number of rotatable bonds is 4. The van der Waals surface area contributed by atoms with E-state index in [0.29, 0.717) is 0 Å². The Hall–Kier alpha value is -7.03. The summed E-state index contributed by atoms with van der Waals surface area (Å²) in [5.41, 5.74) is 9.31. The molecule has 0 amide bonds. The highest BCUT2D eigenvalue weighted by Gasteiger charge is 2.21. The topological polar surface area (TPSA) is 17.8 Å². The number of imidazole rings is 1. The van der Waals surface area contributed by atoms with Gasteiger partial charge in [-0.05, 0) is 88.9 Å². The highest BCUT2D eigenvalue weighted by molar-refractivity contribution is 6.25. The average molecular weight is 673 g/mol. The van der Waals surface area contributed by atoms with E-state index in [0.717, 1.165) is 28.1 Å². The maximum atomic E-state index is 5.30. The van der Waals surface area contributed by atoms with Gasteiger partial charge in [0.1, 0.15) is 5.82 Å². The number of nitrogens with zero attached hydrogens (tertiary/aromatic N) is 2. The van der Waals surface area contributed by atoms with Crippen LogP contribution in [0.15, 0.2) is 194 Å². The fourth-order valence-electron chi connectivity index (χ4n) is 8.73. The Balaban J connectivity index is 1.22. The number of para-hydroxylation sites is 2. The van der Waals surface area contributed by atoms with Crippen LogP contribution in [0.1, 0.15) is 0 Å². The van der Waals surface area contributed by atoms with Crippen LogP contribution in [0.3, 0.4) is 0 Å². The minimum absolute atomic E-state index is 0.941. The van der Waals surface area contributed by atoms with Gasteiger partial charge >= 0.3 is 0 Å². The molecule has 246 valence electrons. The monoisotopic (exact) mass is 672 g/mol. The molecule has 0 saturated heterocycles. The average Bonchev–Trinajstić information content (AvgIpc) is 3.61. The molecule has 0 aliphatic heterocycles. The molecule has 0 aliphatic carbocycles. The maximum absolute atomic E-state index is 5.30. The summed E-state index contributed by atoms with van der Waals surface area (Å²) in [6.45, 7) is 0. The molecular formula is C51H32N2. The summed E-state index contributed by atoms with van der Waals surface area (Å²) < 4.78 is 2.36. The molecule has 1 heterocycles. The molecule has 0 unspecified atom stereocenters. The van der Waals surface area contributed by atoms with Crippen LogP contribution in [0.2, 0.25) is 0 Å². The molecule has 2 heteroatoms. The molecule has 0 fully saturated rings. The van der Waals surface area contributed by atoms with Crippen LogP contribution in [-0.4, -0.2) is 9.55 Å². The third kappa shape index (κ3) is 4.49.